The molecule has 2 rings (SSSR count). The summed E-state index contributed by atoms with van der Waals surface area (Å²) in [5, 5.41) is -0.298. The fourth-order valence-electron chi connectivity index (χ4n) is 1.80. The molecule has 0 aliphatic heterocycles. The first kappa shape index (κ1) is 13.4. The molecule has 18 heavy (non-hydrogen) atoms. The highest BCUT2D eigenvalue weighted by atomic mass is 35.5. The molecule has 1 atom stereocenters. The van der Waals surface area contributed by atoms with E-state index in [1.807, 2.05) is 31.2 Å². The van der Waals surface area contributed by atoms with Crippen molar-refractivity contribution in [2.75, 3.05) is 0 Å². The van der Waals surface area contributed by atoms with Crippen molar-refractivity contribution in [2.24, 2.45) is 0 Å². The van der Waals surface area contributed by atoms with Gasteiger partial charge in [0.05, 0.1) is 10.4 Å². The largest absolute Gasteiger partial charge is 0.205 e. The summed E-state index contributed by atoms with van der Waals surface area (Å²) in [6, 6.07) is 13.0. The predicted molar refractivity (Wildman–Crippen MR) is 74.9 cm³/mol. The van der Waals surface area contributed by atoms with E-state index < -0.39 is 11.2 Å². The van der Waals surface area contributed by atoms with Gasteiger partial charge in [-0.1, -0.05) is 53.6 Å². The maximum Gasteiger partial charge on any atom is 0.146 e. The molecule has 0 amide bonds. The van der Waals surface area contributed by atoms with Crippen molar-refractivity contribution in [3.8, 4) is 0 Å². The minimum absolute atomic E-state index is 0.113. The second kappa shape index (κ2) is 5.73. The van der Waals surface area contributed by atoms with Crippen LogP contribution in [-0.4, -0.2) is 0 Å². The Kier molecular flexibility index (Phi) is 4.26. The molecule has 2 aromatic rings. The average Bonchev–Trinajstić information content (AvgIpc) is 2.35. The van der Waals surface area contributed by atoms with Crippen LogP contribution >= 0.6 is 23.2 Å². The fraction of sp³-hybridized carbons (Fsp3) is 0.200. The van der Waals surface area contributed by atoms with Crippen LogP contribution in [0.15, 0.2) is 42.5 Å². The number of rotatable bonds is 3. The first-order valence-corrected chi connectivity index (χ1v) is 6.53. The predicted octanol–water partition coefficient (Wildman–Crippen LogP) is 5.31. The van der Waals surface area contributed by atoms with Gasteiger partial charge in [-0.2, -0.15) is 0 Å². The molecule has 3 heteroatoms. The lowest BCUT2D eigenvalue weighted by Gasteiger charge is -2.12. The van der Waals surface area contributed by atoms with Gasteiger partial charge in [0.25, 0.3) is 0 Å². The Bertz CT molecular complexity index is 535. The van der Waals surface area contributed by atoms with E-state index in [2.05, 4.69) is 0 Å². The van der Waals surface area contributed by atoms with E-state index in [1.165, 1.54) is 11.6 Å². The van der Waals surface area contributed by atoms with Crippen molar-refractivity contribution in [2.45, 2.75) is 18.7 Å². The van der Waals surface area contributed by atoms with Gasteiger partial charge < -0.3 is 0 Å². The number of alkyl halides is 1. The van der Waals surface area contributed by atoms with Crippen molar-refractivity contribution in [1.29, 1.82) is 0 Å². The van der Waals surface area contributed by atoms with E-state index in [0.29, 0.717) is 12.0 Å². The Morgan fingerprint density at radius 2 is 1.78 bits per heavy atom. The summed E-state index contributed by atoms with van der Waals surface area (Å²) in [5.74, 6) is -0.425. The van der Waals surface area contributed by atoms with E-state index in [9.17, 15) is 4.39 Å². The molecular formula is C15H13Cl2F. The second-order valence-electron chi connectivity index (χ2n) is 4.30. The Labute approximate surface area is 116 Å². The summed E-state index contributed by atoms with van der Waals surface area (Å²) < 4.78 is 13.8. The van der Waals surface area contributed by atoms with E-state index in [-0.39, 0.29) is 5.02 Å². The molecule has 0 saturated carbocycles. The van der Waals surface area contributed by atoms with Crippen LogP contribution in [0.1, 0.15) is 22.1 Å². The van der Waals surface area contributed by atoms with Gasteiger partial charge in [0, 0.05) is 5.56 Å². The van der Waals surface area contributed by atoms with Gasteiger partial charge in [-0.25, -0.2) is 4.39 Å². The summed E-state index contributed by atoms with van der Waals surface area (Å²) in [7, 11) is 0. The zero-order valence-electron chi connectivity index (χ0n) is 9.96. The number of hydrogen-bond acceptors (Lipinski definition) is 0. The molecule has 0 aliphatic carbocycles. The zero-order valence-corrected chi connectivity index (χ0v) is 11.5. The van der Waals surface area contributed by atoms with Crippen LogP contribution in [-0.2, 0) is 6.42 Å². The number of benzene rings is 2. The van der Waals surface area contributed by atoms with E-state index in [4.69, 9.17) is 23.2 Å². The number of aryl methyl sites for hydroxylation is 1. The molecule has 0 radical (unpaired) electrons. The van der Waals surface area contributed by atoms with Crippen molar-refractivity contribution in [1.82, 2.24) is 0 Å². The zero-order chi connectivity index (χ0) is 13.1. The monoisotopic (exact) mass is 282 g/mol. The minimum atomic E-state index is -0.425. The quantitative estimate of drug-likeness (QED) is 0.669. The van der Waals surface area contributed by atoms with E-state index in [1.54, 1.807) is 12.1 Å². The van der Waals surface area contributed by atoms with Gasteiger partial charge in [0.15, 0.2) is 0 Å². The molecule has 0 nitrogen and oxygen atoms in total. The Morgan fingerprint density at radius 3 is 2.44 bits per heavy atom. The molecule has 1 unspecified atom stereocenters. The van der Waals surface area contributed by atoms with Crippen LogP contribution in [0.3, 0.4) is 0 Å². The standard InChI is InChI=1S/C15H13Cl2F/c1-10-5-7-11(8-6-10)9-14(17)12-3-2-4-13(16)15(12)18/h2-8,14H,9H2,1H3. The molecule has 0 N–H and O–H groups in total. The first-order valence-electron chi connectivity index (χ1n) is 5.71. The first-order chi connectivity index (χ1) is 8.58. The average molecular weight is 283 g/mol. The summed E-state index contributed by atoms with van der Waals surface area (Å²) >= 11 is 12.0. The van der Waals surface area contributed by atoms with Gasteiger partial charge in [0.2, 0.25) is 0 Å². The number of hydrogen-bond donors (Lipinski definition) is 0. The van der Waals surface area contributed by atoms with Gasteiger partial charge in [-0.3, -0.25) is 0 Å². The van der Waals surface area contributed by atoms with Crippen molar-refractivity contribution < 1.29 is 4.39 Å². The Morgan fingerprint density at radius 1 is 1.11 bits per heavy atom. The normalized spacial score (nSPS) is 12.4. The fourth-order valence-corrected chi connectivity index (χ4v) is 2.33. The third kappa shape index (κ3) is 3.04. The molecule has 0 bridgehead atoms. The minimum Gasteiger partial charge on any atom is -0.205 e. The lowest BCUT2D eigenvalue weighted by atomic mass is 10.0. The molecular weight excluding hydrogens is 270 g/mol. The van der Waals surface area contributed by atoms with Gasteiger partial charge in [-0.15, -0.1) is 11.6 Å². The Hall–Kier alpha value is -1.05. The lowest BCUT2D eigenvalue weighted by molar-refractivity contribution is 0.606. The summed E-state index contributed by atoms with van der Waals surface area (Å²) in [5.41, 5.74) is 2.73. The highest BCUT2D eigenvalue weighted by Gasteiger charge is 2.15. The molecule has 0 aliphatic rings. The number of halogens is 3. The summed E-state index contributed by atoms with van der Waals surface area (Å²) in [4.78, 5) is 0. The SMILES string of the molecule is Cc1ccc(CC(Cl)c2cccc(Cl)c2F)cc1. The van der Waals surface area contributed by atoms with Gasteiger partial charge >= 0.3 is 0 Å². The summed E-state index contributed by atoms with van der Waals surface area (Å²) in [6.45, 7) is 2.03. The van der Waals surface area contributed by atoms with Crippen molar-refractivity contribution >= 4 is 23.2 Å². The molecule has 0 heterocycles. The van der Waals surface area contributed by atoms with E-state index >= 15 is 0 Å². The maximum atomic E-state index is 13.8. The van der Waals surface area contributed by atoms with Crippen molar-refractivity contribution in [3.05, 3.63) is 70.0 Å². The molecule has 0 saturated heterocycles. The molecule has 94 valence electrons. The van der Waals surface area contributed by atoms with Crippen LogP contribution in [0.4, 0.5) is 4.39 Å². The highest BCUT2D eigenvalue weighted by Crippen LogP contribution is 2.30. The maximum absolute atomic E-state index is 13.8. The van der Waals surface area contributed by atoms with Crippen LogP contribution in [0.25, 0.3) is 0 Å². The van der Waals surface area contributed by atoms with Crippen LogP contribution in [0.2, 0.25) is 5.02 Å². The lowest BCUT2D eigenvalue weighted by Crippen LogP contribution is -1.99. The molecule has 0 spiro atoms. The van der Waals surface area contributed by atoms with E-state index in [0.717, 1.165) is 5.56 Å². The van der Waals surface area contributed by atoms with Crippen LogP contribution in [0, 0.1) is 12.7 Å². The smallest absolute Gasteiger partial charge is 0.146 e. The molecule has 2 aromatic carbocycles. The molecule has 0 fully saturated rings. The third-order valence-electron chi connectivity index (χ3n) is 2.85. The highest BCUT2D eigenvalue weighted by molar-refractivity contribution is 6.31. The van der Waals surface area contributed by atoms with Crippen LogP contribution in [0.5, 0.6) is 0 Å². The van der Waals surface area contributed by atoms with Crippen molar-refractivity contribution in [3.63, 3.8) is 0 Å². The summed E-state index contributed by atoms with van der Waals surface area (Å²) in [6.07, 6.45) is 0.582. The topological polar surface area (TPSA) is 0 Å². The second-order valence-corrected chi connectivity index (χ2v) is 5.23. The third-order valence-corrected chi connectivity index (χ3v) is 3.54. The van der Waals surface area contributed by atoms with Crippen LogP contribution < -0.4 is 0 Å². The molecule has 0 aromatic heterocycles. The Balaban J connectivity index is 2.19. The van der Waals surface area contributed by atoms with Gasteiger partial charge in [-0.05, 0) is 25.0 Å². The van der Waals surface area contributed by atoms with Gasteiger partial charge in [0.1, 0.15) is 5.82 Å².